The molecule has 0 bridgehead atoms. The van der Waals surface area contributed by atoms with E-state index in [1.54, 1.807) is 0 Å². The number of hydrogen-bond donors (Lipinski definition) is 3. The molecule has 6 heteroatoms. The van der Waals surface area contributed by atoms with E-state index < -0.39 is 0 Å². The normalized spacial score (nSPS) is 31.6. The Morgan fingerprint density at radius 3 is 3.24 bits per heavy atom. The van der Waals surface area contributed by atoms with Gasteiger partial charge in [0.05, 0.1) is 17.9 Å². The highest BCUT2D eigenvalue weighted by molar-refractivity contribution is 5.12. The van der Waals surface area contributed by atoms with Gasteiger partial charge in [-0.2, -0.15) is 5.10 Å². The Kier molecular flexibility index (Phi) is 3.71. The minimum Gasteiger partial charge on any atom is -0.309 e. The first-order valence-electron chi connectivity index (χ1n) is 8.25. The first-order valence-corrected chi connectivity index (χ1v) is 8.25. The van der Waals surface area contributed by atoms with Crippen molar-refractivity contribution in [3.05, 3.63) is 17.5 Å². The van der Waals surface area contributed by atoms with Gasteiger partial charge in [0, 0.05) is 38.3 Å². The van der Waals surface area contributed by atoms with Gasteiger partial charge in [0.25, 0.3) is 0 Å². The van der Waals surface area contributed by atoms with Gasteiger partial charge in [-0.1, -0.05) is 6.42 Å². The largest absolute Gasteiger partial charge is 0.309 e. The number of likely N-dealkylation sites (N-methyl/N-ethyl adjacent to an activating group) is 1. The van der Waals surface area contributed by atoms with Crippen molar-refractivity contribution in [1.29, 1.82) is 0 Å². The maximum Gasteiger partial charge on any atom is 0.0768 e. The van der Waals surface area contributed by atoms with Crippen LogP contribution in [0, 0.1) is 5.92 Å². The number of nitrogens with zero attached hydrogens (tertiary/aromatic N) is 3. The van der Waals surface area contributed by atoms with E-state index in [1.165, 1.54) is 30.7 Å². The molecule has 3 N–H and O–H groups in total. The number of hydrogen-bond acceptors (Lipinski definition) is 5. The monoisotopic (exact) mass is 290 g/mol. The first kappa shape index (κ1) is 13.7. The van der Waals surface area contributed by atoms with Gasteiger partial charge in [-0.3, -0.25) is 20.4 Å². The minimum atomic E-state index is 0.585. The molecule has 2 fully saturated rings. The van der Waals surface area contributed by atoms with Crippen LogP contribution in [0.25, 0.3) is 0 Å². The van der Waals surface area contributed by atoms with Crippen molar-refractivity contribution in [2.24, 2.45) is 5.92 Å². The van der Waals surface area contributed by atoms with Crippen LogP contribution >= 0.6 is 0 Å². The molecule has 21 heavy (non-hydrogen) atoms. The lowest BCUT2D eigenvalue weighted by Crippen LogP contribution is -2.41. The summed E-state index contributed by atoms with van der Waals surface area (Å²) in [5, 5.41) is 8.13. The van der Waals surface area contributed by atoms with Gasteiger partial charge >= 0.3 is 0 Å². The van der Waals surface area contributed by atoms with Crippen molar-refractivity contribution in [1.82, 2.24) is 30.8 Å². The fourth-order valence-electron chi connectivity index (χ4n) is 4.16. The first-order chi connectivity index (χ1) is 10.3. The van der Waals surface area contributed by atoms with Crippen molar-refractivity contribution in [2.75, 3.05) is 20.1 Å². The van der Waals surface area contributed by atoms with Gasteiger partial charge in [0.15, 0.2) is 0 Å². The smallest absolute Gasteiger partial charge is 0.0768 e. The Morgan fingerprint density at radius 1 is 1.38 bits per heavy atom. The van der Waals surface area contributed by atoms with Crippen LogP contribution in [0.2, 0.25) is 0 Å². The van der Waals surface area contributed by atoms with Gasteiger partial charge in [0.1, 0.15) is 0 Å². The third-order valence-corrected chi connectivity index (χ3v) is 5.20. The molecule has 3 heterocycles. The molecule has 0 spiro atoms. The van der Waals surface area contributed by atoms with Crippen molar-refractivity contribution in [2.45, 2.75) is 51.0 Å². The predicted octanol–water partition coefficient (Wildman–Crippen LogP) is 0.0632. The van der Waals surface area contributed by atoms with Crippen LogP contribution in [0.3, 0.4) is 0 Å². The van der Waals surface area contributed by atoms with Gasteiger partial charge in [-0.15, -0.1) is 0 Å². The van der Waals surface area contributed by atoms with Gasteiger partial charge in [-0.25, -0.2) is 0 Å². The molecule has 2 aliphatic heterocycles. The zero-order valence-corrected chi connectivity index (χ0v) is 12.8. The van der Waals surface area contributed by atoms with Crippen LogP contribution in [-0.4, -0.2) is 46.9 Å². The van der Waals surface area contributed by atoms with Gasteiger partial charge in [-0.05, 0) is 31.9 Å². The number of nitrogens with one attached hydrogen (secondary N) is 3. The minimum absolute atomic E-state index is 0.585. The summed E-state index contributed by atoms with van der Waals surface area (Å²) in [4.78, 5) is 2.40. The maximum atomic E-state index is 4.73. The van der Waals surface area contributed by atoms with E-state index in [4.69, 9.17) is 5.10 Å². The lowest BCUT2D eigenvalue weighted by Gasteiger charge is -2.23. The molecule has 4 rings (SSSR count). The van der Waals surface area contributed by atoms with Crippen LogP contribution in [0.4, 0.5) is 0 Å². The summed E-state index contributed by atoms with van der Waals surface area (Å²) in [6.45, 7) is 5.01. The number of fused-ring (bicyclic) bond motifs is 2. The average Bonchev–Trinajstić information content (AvgIpc) is 3.14. The SMILES string of the molecule is CN(Cc1cc2n(n1)CCNC2)CC1NNC2CCCC21. The second-order valence-corrected chi connectivity index (χ2v) is 6.82. The molecule has 116 valence electrons. The Hall–Kier alpha value is -0.950. The average molecular weight is 290 g/mol. The maximum absolute atomic E-state index is 4.73. The van der Waals surface area contributed by atoms with Gasteiger partial charge < -0.3 is 5.32 Å². The highest BCUT2D eigenvalue weighted by atomic mass is 15.4. The summed E-state index contributed by atoms with van der Waals surface area (Å²) in [6, 6.07) is 3.54. The molecule has 1 saturated heterocycles. The Labute approximate surface area is 126 Å². The van der Waals surface area contributed by atoms with E-state index in [1.807, 2.05) is 0 Å². The standard InChI is InChI=1S/C15H26N6/c1-20(10-15-13-3-2-4-14(13)17-18-15)9-11-7-12-8-16-5-6-21(12)19-11/h7,13-18H,2-6,8-10H2,1H3. The summed E-state index contributed by atoms with van der Waals surface area (Å²) in [5.74, 6) is 0.812. The zero-order chi connectivity index (χ0) is 14.2. The number of hydrazine groups is 1. The fourth-order valence-corrected chi connectivity index (χ4v) is 4.16. The molecule has 3 unspecified atom stereocenters. The highest BCUT2D eigenvalue weighted by Crippen LogP contribution is 2.31. The summed E-state index contributed by atoms with van der Waals surface area (Å²) in [5.41, 5.74) is 9.49. The van der Waals surface area contributed by atoms with Crippen molar-refractivity contribution >= 4 is 0 Å². The Balaban J connectivity index is 1.35. The van der Waals surface area contributed by atoms with Crippen molar-refractivity contribution in [3.63, 3.8) is 0 Å². The molecule has 1 aliphatic carbocycles. The fraction of sp³-hybridized carbons (Fsp3) is 0.800. The summed E-state index contributed by atoms with van der Waals surface area (Å²) in [7, 11) is 2.21. The summed E-state index contributed by atoms with van der Waals surface area (Å²) >= 11 is 0. The van der Waals surface area contributed by atoms with E-state index in [9.17, 15) is 0 Å². The predicted molar refractivity (Wildman–Crippen MR) is 81.5 cm³/mol. The molecule has 1 saturated carbocycles. The van der Waals surface area contributed by atoms with Crippen LogP contribution in [0.1, 0.15) is 30.7 Å². The molecule has 0 aromatic carbocycles. The highest BCUT2D eigenvalue weighted by Gasteiger charge is 2.39. The quantitative estimate of drug-likeness (QED) is 0.732. The number of aromatic nitrogens is 2. The Bertz CT molecular complexity index is 475. The molecule has 1 aromatic heterocycles. The van der Waals surface area contributed by atoms with Crippen LogP contribution in [0.5, 0.6) is 0 Å². The van der Waals surface area contributed by atoms with Crippen molar-refractivity contribution in [3.8, 4) is 0 Å². The molecule has 1 aromatic rings. The van der Waals surface area contributed by atoms with E-state index >= 15 is 0 Å². The second-order valence-electron chi connectivity index (χ2n) is 6.82. The summed E-state index contributed by atoms with van der Waals surface area (Å²) < 4.78 is 2.15. The molecule has 0 radical (unpaired) electrons. The Morgan fingerprint density at radius 2 is 2.33 bits per heavy atom. The molecule has 6 nitrogen and oxygen atoms in total. The topological polar surface area (TPSA) is 57.2 Å². The summed E-state index contributed by atoms with van der Waals surface area (Å²) in [6.07, 6.45) is 4.08. The molecular weight excluding hydrogens is 264 g/mol. The lowest BCUT2D eigenvalue weighted by atomic mass is 9.97. The van der Waals surface area contributed by atoms with E-state index in [-0.39, 0.29) is 0 Å². The molecule has 3 atom stereocenters. The number of rotatable bonds is 4. The lowest BCUT2D eigenvalue weighted by molar-refractivity contribution is 0.260. The van der Waals surface area contributed by atoms with E-state index in [2.05, 4.69) is 38.9 Å². The molecule has 0 amide bonds. The van der Waals surface area contributed by atoms with Crippen LogP contribution < -0.4 is 16.2 Å². The van der Waals surface area contributed by atoms with Crippen LogP contribution in [-0.2, 0) is 19.6 Å². The van der Waals surface area contributed by atoms with E-state index in [0.29, 0.717) is 12.1 Å². The third kappa shape index (κ3) is 2.73. The third-order valence-electron chi connectivity index (χ3n) is 5.20. The van der Waals surface area contributed by atoms with Gasteiger partial charge in [0.2, 0.25) is 0 Å². The zero-order valence-electron chi connectivity index (χ0n) is 12.8. The molecular formula is C15H26N6. The molecule has 3 aliphatic rings. The second kappa shape index (κ2) is 5.68. The van der Waals surface area contributed by atoms with E-state index in [0.717, 1.165) is 38.6 Å². The van der Waals surface area contributed by atoms with Crippen molar-refractivity contribution < 1.29 is 0 Å². The van der Waals surface area contributed by atoms with Crippen LogP contribution in [0.15, 0.2) is 6.07 Å².